The van der Waals surface area contributed by atoms with E-state index in [9.17, 15) is 9.59 Å². The van der Waals surface area contributed by atoms with E-state index in [2.05, 4.69) is 10.3 Å². The number of carbonyl (C=O) groups excluding carboxylic acids is 1. The molecule has 0 unspecified atom stereocenters. The van der Waals surface area contributed by atoms with Crippen molar-refractivity contribution in [1.29, 1.82) is 10.8 Å². The second kappa shape index (κ2) is 5.70. The quantitative estimate of drug-likeness (QED) is 0.508. The molecule has 4 N–H and O–H groups in total. The normalized spacial score (nSPS) is 10.2. The van der Waals surface area contributed by atoms with Gasteiger partial charge in [0.25, 0.3) is 11.5 Å². The average Bonchev–Trinajstić information content (AvgIpc) is 2.45. The van der Waals surface area contributed by atoms with Gasteiger partial charge in [0.2, 0.25) is 0 Å². The lowest BCUT2D eigenvalue weighted by atomic mass is 10.1. The minimum absolute atomic E-state index is 0.0525. The molecule has 20 heavy (non-hydrogen) atoms. The first-order chi connectivity index (χ1) is 9.56. The first kappa shape index (κ1) is 14.0. The van der Waals surface area contributed by atoms with Gasteiger partial charge in [-0.15, -0.1) is 0 Å². The Morgan fingerprint density at radius 3 is 2.80 bits per heavy atom. The maximum atomic E-state index is 11.8. The zero-order valence-electron chi connectivity index (χ0n) is 10.6. The summed E-state index contributed by atoms with van der Waals surface area (Å²) in [5.41, 5.74) is 1.81. The van der Waals surface area contributed by atoms with Gasteiger partial charge in [-0.05, 0) is 17.5 Å². The highest BCUT2D eigenvalue weighted by atomic mass is 32.2. The number of carbonyl (C=O) groups is 1. The van der Waals surface area contributed by atoms with Gasteiger partial charge in [0.15, 0.2) is 0 Å². The number of amides is 1. The molecule has 7 heteroatoms. The lowest BCUT2D eigenvalue weighted by molar-refractivity contribution is 0.0962. The predicted molar refractivity (Wildman–Crippen MR) is 81.2 cm³/mol. The highest BCUT2D eigenvalue weighted by Gasteiger charge is 2.11. The van der Waals surface area contributed by atoms with Crippen molar-refractivity contribution < 1.29 is 4.79 Å². The molecule has 102 valence electrons. The van der Waals surface area contributed by atoms with Gasteiger partial charge in [0, 0.05) is 18.1 Å². The number of H-pyrrole nitrogens is 1. The van der Waals surface area contributed by atoms with Gasteiger partial charge >= 0.3 is 0 Å². The molecule has 0 bridgehead atoms. The maximum Gasteiger partial charge on any atom is 0.261 e. The largest absolute Gasteiger partial charge is 0.355 e. The zero-order valence-corrected chi connectivity index (χ0v) is 11.4. The van der Waals surface area contributed by atoms with Gasteiger partial charge in [0.05, 0.1) is 10.6 Å². The summed E-state index contributed by atoms with van der Waals surface area (Å²) in [7, 11) is 1.46. The molecular formula is C13H12N4O2S. The van der Waals surface area contributed by atoms with Crippen LogP contribution in [0.25, 0.3) is 10.9 Å². The Hall–Kier alpha value is -2.41. The Balaban J connectivity index is 2.55. The molecule has 6 nitrogen and oxygen atoms in total. The van der Waals surface area contributed by atoms with Crippen LogP contribution in [0.2, 0.25) is 0 Å². The Bertz CT molecular complexity index is 767. The van der Waals surface area contributed by atoms with Crippen LogP contribution in [0.15, 0.2) is 29.1 Å². The first-order valence-electron chi connectivity index (χ1n) is 5.70. The number of hydrogen-bond donors (Lipinski definition) is 4. The highest BCUT2D eigenvalue weighted by Crippen LogP contribution is 2.17. The van der Waals surface area contributed by atoms with Gasteiger partial charge in [0.1, 0.15) is 5.56 Å². The van der Waals surface area contributed by atoms with Crippen molar-refractivity contribution >= 4 is 39.2 Å². The van der Waals surface area contributed by atoms with Gasteiger partial charge in [-0.1, -0.05) is 23.9 Å². The molecule has 0 spiro atoms. The topological polar surface area (TPSA) is 110 Å². The fraction of sp³-hybridized carbons (Fsp3) is 0.0769. The summed E-state index contributed by atoms with van der Waals surface area (Å²) < 4.78 is 0. The summed E-state index contributed by atoms with van der Waals surface area (Å²) in [5, 5.41) is 18.1. The number of thioether (sulfide) groups is 1. The lowest BCUT2D eigenvalue weighted by Gasteiger charge is -2.05. The number of pyridine rings is 1. The molecule has 0 radical (unpaired) electrons. The number of benzene rings is 1. The molecule has 0 saturated heterocycles. The Kier molecular flexibility index (Phi) is 3.99. The van der Waals surface area contributed by atoms with Crippen molar-refractivity contribution in [3.05, 3.63) is 45.7 Å². The third kappa shape index (κ3) is 2.62. The van der Waals surface area contributed by atoms with Gasteiger partial charge in [-0.2, -0.15) is 0 Å². The lowest BCUT2D eigenvalue weighted by Crippen LogP contribution is -2.26. The number of aromatic amines is 1. The van der Waals surface area contributed by atoms with E-state index in [0.717, 1.165) is 17.3 Å². The zero-order chi connectivity index (χ0) is 14.7. The number of fused-ring (bicyclic) bond motifs is 1. The van der Waals surface area contributed by atoms with E-state index in [1.54, 1.807) is 18.2 Å². The molecule has 2 rings (SSSR count). The highest BCUT2D eigenvalue weighted by molar-refractivity contribution is 8.25. The van der Waals surface area contributed by atoms with E-state index in [4.69, 9.17) is 10.8 Å². The van der Waals surface area contributed by atoms with E-state index < -0.39 is 11.5 Å². The summed E-state index contributed by atoms with van der Waals surface area (Å²) in [6.07, 6.45) is 0. The van der Waals surface area contributed by atoms with E-state index in [-0.39, 0.29) is 10.6 Å². The van der Waals surface area contributed by atoms with Crippen molar-refractivity contribution in [3.63, 3.8) is 0 Å². The third-order valence-corrected chi connectivity index (χ3v) is 3.35. The minimum atomic E-state index is -0.472. The van der Waals surface area contributed by atoms with E-state index in [1.807, 2.05) is 0 Å². The average molecular weight is 288 g/mol. The smallest absolute Gasteiger partial charge is 0.261 e. The molecule has 0 aliphatic heterocycles. The van der Waals surface area contributed by atoms with Gasteiger partial charge < -0.3 is 15.7 Å². The van der Waals surface area contributed by atoms with Crippen molar-refractivity contribution in [2.24, 2.45) is 0 Å². The van der Waals surface area contributed by atoms with Gasteiger partial charge in [-0.25, -0.2) is 0 Å². The van der Waals surface area contributed by atoms with E-state index in [0.29, 0.717) is 16.5 Å². The van der Waals surface area contributed by atoms with Crippen LogP contribution in [0, 0.1) is 10.8 Å². The minimum Gasteiger partial charge on any atom is -0.355 e. The second-order valence-corrected chi connectivity index (χ2v) is 4.84. The molecular weight excluding hydrogens is 276 g/mol. The second-order valence-electron chi connectivity index (χ2n) is 3.96. The Morgan fingerprint density at radius 2 is 2.15 bits per heavy atom. The molecule has 1 amide bonds. The maximum absolute atomic E-state index is 11.8. The molecule has 2 aromatic rings. The monoisotopic (exact) mass is 288 g/mol. The van der Waals surface area contributed by atoms with Crippen LogP contribution in [0.4, 0.5) is 0 Å². The molecule has 0 aliphatic carbocycles. The summed E-state index contributed by atoms with van der Waals surface area (Å²) in [5.74, 6) is -0.440. The first-order valence-corrected chi connectivity index (χ1v) is 6.58. The summed E-state index contributed by atoms with van der Waals surface area (Å²) in [6.45, 7) is 0. The number of nitrogens with one attached hydrogen (secondary N) is 4. The summed E-state index contributed by atoms with van der Waals surface area (Å²) in [4.78, 5) is 26.0. The molecule has 0 atom stereocenters. The molecule has 0 aliphatic rings. The van der Waals surface area contributed by atoms with Crippen molar-refractivity contribution in [1.82, 2.24) is 10.3 Å². The fourth-order valence-electron chi connectivity index (χ4n) is 1.77. The standard InChI is InChI=1S/C13H12N4O2S/c1-16-12(18)9-4-7-2-3-8(11(15)20-6-14)5-10(7)17-13(9)19/h2-6,14-15H,1H3,(H,16,18)(H,17,19). The molecule has 1 aromatic heterocycles. The molecule has 0 saturated carbocycles. The van der Waals surface area contributed by atoms with Crippen LogP contribution in [0.1, 0.15) is 15.9 Å². The predicted octanol–water partition coefficient (Wildman–Crippen LogP) is 1.55. The Morgan fingerprint density at radius 1 is 1.40 bits per heavy atom. The fourth-order valence-corrected chi connectivity index (χ4v) is 2.15. The number of rotatable bonds is 3. The van der Waals surface area contributed by atoms with Crippen molar-refractivity contribution in [2.45, 2.75) is 0 Å². The van der Waals surface area contributed by atoms with Crippen LogP contribution in [0.5, 0.6) is 0 Å². The van der Waals surface area contributed by atoms with Crippen LogP contribution in [0.3, 0.4) is 0 Å². The summed E-state index contributed by atoms with van der Waals surface area (Å²) in [6, 6.07) is 6.62. The van der Waals surface area contributed by atoms with E-state index >= 15 is 0 Å². The molecule has 0 fully saturated rings. The van der Waals surface area contributed by atoms with Crippen LogP contribution < -0.4 is 10.9 Å². The van der Waals surface area contributed by atoms with E-state index in [1.165, 1.54) is 13.1 Å². The number of hydrogen-bond acceptors (Lipinski definition) is 5. The van der Waals surface area contributed by atoms with Crippen LogP contribution in [-0.2, 0) is 0 Å². The Labute approximate surface area is 118 Å². The summed E-state index contributed by atoms with van der Waals surface area (Å²) >= 11 is 0.978. The van der Waals surface area contributed by atoms with Crippen LogP contribution in [-0.4, -0.2) is 28.5 Å². The van der Waals surface area contributed by atoms with Crippen molar-refractivity contribution in [3.8, 4) is 0 Å². The molecule has 1 aromatic carbocycles. The third-order valence-electron chi connectivity index (χ3n) is 2.76. The van der Waals surface area contributed by atoms with Gasteiger partial charge in [-0.3, -0.25) is 15.0 Å². The van der Waals surface area contributed by atoms with Crippen LogP contribution >= 0.6 is 11.8 Å². The number of aromatic nitrogens is 1. The SMILES string of the molecule is CNC(=O)c1cc2ccc(C(=N)SC=N)cc2[nH]c1=O. The molecule has 1 heterocycles. The van der Waals surface area contributed by atoms with Crippen molar-refractivity contribution in [2.75, 3.05) is 7.05 Å².